The summed E-state index contributed by atoms with van der Waals surface area (Å²) >= 11 is 0. The van der Waals surface area contributed by atoms with Gasteiger partial charge in [0.05, 0.1) is 18.3 Å². The first-order valence-electron chi connectivity index (χ1n) is 12.3. The zero-order valence-electron chi connectivity index (χ0n) is 18.6. The van der Waals surface area contributed by atoms with Crippen LogP contribution in [0.25, 0.3) is 0 Å². The second-order valence-electron chi connectivity index (χ2n) is 11.6. The minimum atomic E-state index is -0.255. The van der Waals surface area contributed by atoms with E-state index in [-0.39, 0.29) is 29.1 Å². The zero-order chi connectivity index (χ0) is 20.3. The maximum absolute atomic E-state index is 11.5. The molecule has 0 aromatic carbocycles. The number of unbranched alkanes of at least 4 members (excludes halogenated alkanes) is 1. The van der Waals surface area contributed by atoms with Crippen LogP contribution < -0.4 is 0 Å². The monoisotopic (exact) mass is 392 g/mol. The Morgan fingerprint density at radius 3 is 2.43 bits per heavy atom. The summed E-state index contributed by atoms with van der Waals surface area (Å²) in [7, 11) is 0. The van der Waals surface area contributed by atoms with Crippen LogP contribution >= 0.6 is 0 Å². The molecule has 4 fully saturated rings. The van der Waals surface area contributed by atoms with E-state index in [0.717, 1.165) is 32.1 Å². The number of aliphatic hydroxyl groups is 3. The number of aliphatic hydroxyl groups excluding tert-OH is 3. The third kappa shape index (κ3) is 3.02. The van der Waals surface area contributed by atoms with Crippen molar-refractivity contribution in [2.75, 3.05) is 0 Å². The highest BCUT2D eigenvalue weighted by Crippen LogP contribution is 2.68. The topological polar surface area (TPSA) is 60.7 Å². The Labute approximate surface area is 172 Å². The van der Waals surface area contributed by atoms with Gasteiger partial charge in [-0.1, -0.05) is 47.0 Å². The molecule has 0 aliphatic heterocycles. The second kappa shape index (κ2) is 7.54. The third-order valence-corrected chi connectivity index (χ3v) is 10.5. The Hall–Kier alpha value is -0.120. The van der Waals surface area contributed by atoms with Gasteiger partial charge in [0.15, 0.2) is 0 Å². The highest BCUT2D eigenvalue weighted by atomic mass is 16.3. The Bertz CT molecular complexity index is 564. The minimum absolute atomic E-state index is 0.0350. The minimum Gasteiger partial charge on any atom is -0.393 e. The summed E-state index contributed by atoms with van der Waals surface area (Å²) in [5.41, 5.74) is 0.143. The van der Waals surface area contributed by atoms with Gasteiger partial charge < -0.3 is 15.3 Å². The van der Waals surface area contributed by atoms with Crippen molar-refractivity contribution < 1.29 is 15.3 Å². The number of hydrogen-bond acceptors (Lipinski definition) is 3. The van der Waals surface area contributed by atoms with Gasteiger partial charge in [-0.3, -0.25) is 0 Å². The quantitative estimate of drug-likeness (QED) is 0.645. The Morgan fingerprint density at radius 1 is 0.964 bits per heavy atom. The molecule has 0 aromatic heterocycles. The van der Waals surface area contributed by atoms with Gasteiger partial charge in [-0.25, -0.2) is 0 Å². The molecule has 28 heavy (non-hydrogen) atoms. The van der Waals surface area contributed by atoms with E-state index in [2.05, 4.69) is 27.7 Å². The van der Waals surface area contributed by atoms with Crippen molar-refractivity contribution in [1.82, 2.24) is 0 Å². The molecular formula is C25H44O3. The van der Waals surface area contributed by atoms with Gasteiger partial charge in [-0.05, 0) is 91.3 Å². The first kappa shape index (κ1) is 21.1. The molecule has 0 aromatic rings. The first-order chi connectivity index (χ1) is 13.2. The lowest BCUT2D eigenvalue weighted by atomic mass is 9.43. The summed E-state index contributed by atoms with van der Waals surface area (Å²) in [5, 5.41) is 33.1. The molecule has 0 spiro atoms. The van der Waals surface area contributed by atoms with E-state index in [0.29, 0.717) is 35.5 Å². The first-order valence-corrected chi connectivity index (χ1v) is 12.3. The summed E-state index contributed by atoms with van der Waals surface area (Å²) in [6.07, 6.45) is 9.99. The molecular weight excluding hydrogens is 348 g/mol. The van der Waals surface area contributed by atoms with Gasteiger partial charge in [0.1, 0.15) is 0 Å². The molecule has 0 bridgehead atoms. The van der Waals surface area contributed by atoms with E-state index >= 15 is 0 Å². The average Bonchev–Trinajstić information content (AvgIpc) is 3.01. The zero-order valence-corrected chi connectivity index (χ0v) is 18.6. The van der Waals surface area contributed by atoms with Gasteiger partial charge in [-0.15, -0.1) is 0 Å². The molecule has 3 unspecified atom stereocenters. The molecule has 3 N–H and O–H groups in total. The van der Waals surface area contributed by atoms with Gasteiger partial charge in [0, 0.05) is 0 Å². The van der Waals surface area contributed by atoms with E-state index < -0.39 is 0 Å². The fraction of sp³-hybridized carbons (Fsp3) is 1.00. The van der Waals surface area contributed by atoms with Crippen molar-refractivity contribution in [2.24, 2.45) is 46.3 Å². The lowest BCUT2D eigenvalue weighted by Crippen LogP contribution is -2.62. The van der Waals surface area contributed by atoms with Crippen LogP contribution in [0.2, 0.25) is 0 Å². The van der Waals surface area contributed by atoms with Crippen molar-refractivity contribution in [3.8, 4) is 0 Å². The van der Waals surface area contributed by atoms with Gasteiger partial charge in [-0.2, -0.15) is 0 Å². The van der Waals surface area contributed by atoms with Crippen LogP contribution in [0.3, 0.4) is 0 Å². The summed E-state index contributed by atoms with van der Waals surface area (Å²) < 4.78 is 0. The number of fused-ring (bicyclic) bond motifs is 5. The van der Waals surface area contributed by atoms with Crippen LogP contribution in [0.1, 0.15) is 91.9 Å². The van der Waals surface area contributed by atoms with Crippen molar-refractivity contribution >= 4 is 0 Å². The molecule has 4 aliphatic rings. The Morgan fingerprint density at radius 2 is 1.71 bits per heavy atom. The van der Waals surface area contributed by atoms with Crippen molar-refractivity contribution in [3.05, 3.63) is 0 Å². The molecule has 0 amide bonds. The lowest BCUT2D eigenvalue weighted by Gasteiger charge is -2.63. The maximum Gasteiger partial charge on any atom is 0.0602 e. The van der Waals surface area contributed by atoms with Crippen molar-refractivity contribution in [3.63, 3.8) is 0 Å². The van der Waals surface area contributed by atoms with Crippen LogP contribution in [-0.4, -0.2) is 33.6 Å². The summed E-state index contributed by atoms with van der Waals surface area (Å²) in [6.45, 7) is 9.45. The standard InChI is InChI=1S/C25H44O3/c1-5-6-7-15(2)18-8-9-19-23-20(14-22(28)25(18,19)4)24(3)11-10-17(26)12-16(24)13-21(23)27/h15-23,26-28H,5-14H2,1-4H3/t15-,16+,17-,18-,19?,20?,21+,22-,23?,24+,25-/m1/s1. The van der Waals surface area contributed by atoms with Crippen LogP contribution in [-0.2, 0) is 0 Å². The molecule has 11 atom stereocenters. The molecule has 4 aliphatic carbocycles. The normalized spacial score (nSPS) is 54.5. The van der Waals surface area contributed by atoms with E-state index in [1.54, 1.807) is 0 Å². The maximum atomic E-state index is 11.5. The molecule has 3 heteroatoms. The average molecular weight is 393 g/mol. The van der Waals surface area contributed by atoms with E-state index in [9.17, 15) is 15.3 Å². The highest BCUT2D eigenvalue weighted by molar-refractivity contribution is 5.14. The van der Waals surface area contributed by atoms with Gasteiger partial charge in [0.25, 0.3) is 0 Å². The molecule has 162 valence electrons. The van der Waals surface area contributed by atoms with Crippen LogP contribution in [0.4, 0.5) is 0 Å². The van der Waals surface area contributed by atoms with Crippen LogP contribution in [0.15, 0.2) is 0 Å². The number of hydrogen-bond donors (Lipinski definition) is 3. The highest BCUT2D eigenvalue weighted by Gasteiger charge is 2.65. The largest absolute Gasteiger partial charge is 0.393 e. The van der Waals surface area contributed by atoms with Gasteiger partial charge >= 0.3 is 0 Å². The summed E-state index contributed by atoms with van der Waals surface area (Å²) in [4.78, 5) is 0. The van der Waals surface area contributed by atoms with Crippen molar-refractivity contribution in [1.29, 1.82) is 0 Å². The van der Waals surface area contributed by atoms with Crippen LogP contribution in [0.5, 0.6) is 0 Å². The molecule has 0 heterocycles. The fourth-order valence-electron chi connectivity index (χ4n) is 8.86. The van der Waals surface area contributed by atoms with Gasteiger partial charge in [0.2, 0.25) is 0 Å². The summed E-state index contributed by atoms with van der Waals surface area (Å²) in [5.74, 6) is 2.86. The third-order valence-electron chi connectivity index (χ3n) is 10.5. The summed E-state index contributed by atoms with van der Waals surface area (Å²) in [6, 6.07) is 0. The lowest BCUT2D eigenvalue weighted by molar-refractivity contribution is -0.207. The predicted octanol–water partition coefficient (Wildman–Crippen LogP) is 4.77. The van der Waals surface area contributed by atoms with E-state index in [1.165, 1.54) is 32.1 Å². The molecule has 4 rings (SSSR count). The smallest absolute Gasteiger partial charge is 0.0602 e. The molecule has 0 saturated heterocycles. The fourth-order valence-corrected chi connectivity index (χ4v) is 8.86. The number of rotatable bonds is 4. The second-order valence-corrected chi connectivity index (χ2v) is 11.6. The van der Waals surface area contributed by atoms with Crippen LogP contribution in [0, 0.1) is 46.3 Å². The Kier molecular flexibility index (Phi) is 5.69. The molecule has 0 radical (unpaired) electrons. The molecule has 3 nitrogen and oxygen atoms in total. The Balaban J connectivity index is 1.62. The molecule has 4 saturated carbocycles. The van der Waals surface area contributed by atoms with E-state index in [1.807, 2.05) is 0 Å². The van der Waals surface area contributed by atoms with Crippen molar-refractivity contribution in [2.45, 2.75) is 110 Å². The predicted molar refractivity (Wildman–Crippen MR) is 113 cm³/mol. The van der Waals surface area contributed by atoms with E-state index in [4.69, 9.17) is 0 Å². The SMILES string of the molecule is CCCC[C@@H](C)[C@H]1CCC2C3C(C[C@@H](O)[C@@]21C)[C@@]1(C)CC[C@@H](O)C[C@H]1C[C@@H]3O.